The first-order valence-electron chi connectivity index (χ1n) is 6.53. The summed E-state index contributed by atoms with van der Waals surface area (Å²) in [6.45, 7) is 2.18. The summed E-state index contributed by atoms with van der Waals surface area (Å²) in [6, 6.07) is 9.69. The van der Waals surface area contributed by atoms with Crippen LogP contribution in [0.5, 0.6) is 0 Å². The molecule has 1 aromatic carbocycles. The molecule has 2 fully saturated rings. The van der Waals surface area contributed by atoms with Crippen LogP contribution in [0, 0.1) is 0 Å². The molecule has 4 nitrogen and oxygen atoms in total. The lowest BCUT2D eigenvalue weighted by molar-refractivity contribution is -0.130. The molecule has 96 valence electrons. The molecule has 1 amide bonds. The van der Waals surface area contributed by atoms with Crippen molar-refractivity contribution < 1.29 is 9.53 Å². The molecule has 0 aromatic heterocycles. The van der Waals surface area contributed by atoms with Crippen LogP contribution in [-0.4, -0.2) is 36.7 Å². The third-order valence-corrected chi connectivity index (χ3v) is 3.63. The van der Waals surface area contributed by atoms with Gasteiger partial charge in [0.15, 0.2) is 0 Å². The van der Waals surface area contributed by atoms with Crippen molar-refractivity contribution in [3.63, 3.8) is 0 Å². The van der Waals surface area contributed by atoms with Gasteiger partial charge in [0.1, 0.15) is 6.04 Å². The minimum Gasteiger partial charge on any atom is -0.376 e. The zero-order valence-electron chi connectivity index (χ0n) is 10.3. The van der Waals surface area contributed by atoms with Crippen LogP contribution >= 0.6 is 0 Å². The van der Waals surface area contributed by atoms with Gasteiger partial charge in [-0.15, -0.1) is 0 Å². The molecule has 1 N–H and O–H groups in total. The highest BCUT2D eigenvalue weighted by Crippen LogP contribution is 2.22. The molecule has 1 aromatic rings. The number of nitrogens with zero attached hydrogens (tertiary/aromatic N) is 1. The fourth-order valence-electron chi connectivity index (χ4n) is 2.64. The van der Waals surface area contributed by atoms with E-state index in [1.165, 1.54) is 0 Å². The predicted octanol–water partition coefficient (Wildman–Crippen LogP) is 1.30. The molecule has 0 spiro atoms. The topological polar surface area (TPSA) is 41.6 Å². The first kappa shape index (κ1) is 11.7. The molecule has 2 aliphatic rings. The number of carbonyl (C=O) groups is 1. The minimum absolute atomic E-state index is 0.164. The summed E-state index contributed by atoms with van der Waals surface area (Å²) in [5.41, 5.74) is 1.04. The summed E-state index contributed by atoms with van der Waals surface area (Å²) >= 11 is 0. The lowest BCUT2D eigenvalue weighted by atomic mass is 10.1. The summed E-state index contributed by atoms with van der Waals surface area (Å²) in [7, 11) is 0. The minimum atomic E-state index is -0.187. The van der Waals surface area contributed by atoms with E-state index in [1.807, 2.05) is 35.2 Å². The standard InChI is InChI=1S/C14H18N2O2/c17-14-13(11-5-2-1-3-6-11)15-10-16(14)9-12-7-4-8-18-12/h1-3,5-6,12-13,15H,4,7-10H2. The lowest BCUT2D eigenvalue weighted by Crippen LogP contribution is -2.34. The molecule has 2 atom stereocenters. The highest BCUT2D eigenvalue weighted by atomic mass is 16.5. The van der Waals surface area contributed by atoms with Gasteiger partial charge in [-0.2, -0.15) is 0 Å². The third-order valence-electron chi connectivity index (χ3n) is 3.63. The zero-order valence-corrected chi connectivity index (χ0v) is 10.3. The molecule has 0 aliphatic carbocycles. The van der Waals surface area contributed by atoms with Crippen molar-refractivity contribution in [3.05, 3.63) is 35.9 Å². The van der Waals surface area contributed by atoms with Gasteiger partial charge in [-0.3, -0.25) is 10.1 Å². The smallest absolute Gasteiger partial charge is 0.245 e. The van der Waals surface area contributed by atoms with Crippen molar-refractivity contribution in [3.8, 4) is 0 Å². The first-order chi connectivity index (χ1) is 8.84. The number of benzene rings is 1. The molecule has 2 unspecified atom stereocenters. The maximum Gasteiger partial charge on any atom is 0.245 e. The Morgan fingerprint density at radius 3 is 2.89 bits per heavy atom. The van der Waals surface area contributed by atoms with Crippen molar-refractivity contribution >= 4 is 5.91 Å². The predicted molar refractivity (Wildman–Crippen MR) is 67.9 cm³/mol. The summed E-state index contributed by atoms with van der Waals surface area (Å²) in [5, 5.41) is 3.27. The summed E-state index contributed by atoms with van der Waals surface area (Å²) in [6.07, 6.45) is 2.41. The maximum atomic E-state index is 12.3. The Bertz CT molecular complexity index is 415. The highest BCUT2D eigenvalue weighted by molar-refractivity contribution is 5.85. The van der Waals surface area contributed by atoms with Gasteiger partial charge in [-0.1, -0.05) is 30.3 Å². The molecular formula is C14H18N2O2. The van der Waals surface area contributed by atoms with Crippen LogP contribution in [-0.2, 0) is 9.53 Å². The molecule has 3 rings (SSSR count). The van der Waals surface area contributed by atoms with E-state index in [-0.39, 0.29) is 18.1 Å². The van der Waals surface area contributed by atoms with E-state index < -0.39 is 0 Å². The quantitative estimate of drug-likeness (QED) is 0.874. The van der Waals surface area contributed by atoms with E-state index in [9.17, 15) is 4.79 Å². The molecule has 0 saturated carbocycles. The van der Waals surface area contributed by atoms with Crippen molar-refractivity contribution in [2.24, 2.45) is 0 Å². The molecule has 0 radical (unpaired) electrons. The van der Waals surface area contributed by atoms with Gasteiger partial charge >= 0.3 is 0 Å². The first-order valence-corrected chi connectivity index (χ1v) is 6.53. The lowest BCUT2D eigenvalue weighted by Gasteiger charge is -2.19. The number of nitrogens with one attached hydrogen (secondary N) is 1. The largest absolute Gasteiger partial charge is 0.376 e. The van der Waals surface area contributed by atoms with Gasteiger partial charge < -0.3 is 9.64 Å². The van der Waals surface area contributed by atoms with E-state index in [2.05, 4.69) is 5.32 Å². The fourth-order valence-corrected chi connectivity index (χ4v) is 2.64. The van der Waals surface area contributed by atoms with Gasteiger partial charge in [0.25, 0.3) is 0 Å². The summed E-state index contributed by atoms with van der Waals surface area (Å²) in [4.78, 5) is 14.2. The second kappa shape index (κ2) is 5.08. The Labute approximate surface area is 107 Å². The normalized spacial score (nSPS) is 28.0. The Kier molecular flexibility index (Phi) is 3.30. The SMILES string of the molecule is O=C1C(c2ccccc2)NCN1CC1CCCO1. The Morgan fingerprint density at radius 1 is 1.33 bits per heavy atom. The molecule has 0 bridgehead atoms. The van der Waals surface area contributed by atoms with E-state index in [0.717, 1.165) is 31.6 Å². The average Bonchev–Trinajstić information content (AvgIpc) is 3.03. The van der Waals surface area contributed by atoms with Gasteiger partial charge in [0, 0.05) is 13.2 Å². The summed E-state index contributed by atoms with van der Waals surface area (Å²) in [5.74, 6) is 0.164. The van der Waals surface area contributed by atoms with Crippen LogP contribution in [0.25, 0.3) is 0 Å². The average molecular weight is 246 g/mol. The second-order valence-corrected chi connectivity index (χ2v) is 4.90. The van der Waals surface area contributed by atoms with Crippen LogP contribution in [0.2, 0.25) is 0 Å². The monoisotopic (exact) mass is 246 g/mol. The molecular weight excluding hydrogens is 228 g/mol. The van der Waals surface area contributed by atoms with Crippen LogP contribution < -0.4 is 5.32 Å². The molecule has 2 saturated heterocycles. The Morgan fingerprint density at radius 2 is 2.17 bits per heavy atom. The van der Waals surface area contributed by atoms with Gasteiger partial charge in [0.05, 0.1) is 12.8 Å². The molecule has 18 heavy (non-hydrogen) atoms. The van der Waals surface area contributed by atoms with E-state index in [0.29, 0.717) is 6.67 Å². The zero-order chi connectivity index (χ0) is 12.4. The van der Waals surface area contributed by atoms with E-state index >= 15 is 0 Å². The number of ether oxygens (including phenoxy) is 1. The fraction of sp³-hybridized carbons (Fsp3) is 0.500. The van der Waals surface area contributed by atoms with Crippen molar-refractivity contribution in [2.45, 2.75) is 25.0 Å². The van der Waals surface area contributed by atoms with Gasteiger partial charge in [-0.05, 0) is 18.4 Å². The number of hydrogen-bond donors (Lipinski definition) is 1. The number of hydrogen-bond acceptors (Lipinski definition) is 3. The molecule has 2 heterocycles. The van der Waals surface area contributed by atoms with Gasteiger partial charge in [0.2, 0.25) is 5.91 Å². The third kappa shape index (κ3) is 2.26. The highest BCUT2D eigenvalue weighted by Gasteiger charge is 2.33. The van der Waals surface area contributed by atoms with Crippen LogP contribution in [0.4, 0.5) is 0 Å². The summed E-state index contributed by atoms with van der Waals surface area (Å²) < 4.78 is 5.58. The van der Waals surface area contributed by atoms with E-state index in [1.54, 1.807) is 0 Å². The number of amides is 1. The molecule has 2 aliphatic heterocycles. The van der Waals surface area contributed by atoms with Crippen LogP contribution in [0.3, 0.4) is 0 Å². The number of rotatable bonds is 3. The van der Waals surface area contributed by atoms with Gasteiger partial charge in [-0.25, -0.2) is 0 Å². The Balaban J connectivity index is 1.65. The molecule has 4 heteroatoms. The van der Waals surface area contributed by atoms with Crippen molar-refractivity contribution in [2.75, 3.05) is 19.8 Å². The van der Waals surface area contributed by atoms with E-state index in [4.69, 9.17) is 4.74 Å². The number of carbonyl (C=O) groups excluding carboxylic acids is 1. The Hall–Kier alpha value is -1.39. The van der Waals surface area contributed by atoms with Crippen molar-refractivity contribution in [1.29, 1.82) is 0 Å². The second-order valence-electron chi connectivity index (χ2n) is 4.90. The van der Waals surface area contributed by atoms with Crippen molar-refractivity contribution in [1.82, 2.24) is 10.2 Å². The maximum absolute atomic E-state index is 12.3. The van der Waals surface area contributed by atoms with Crippen LogP contribution in [0.15, 0.2) is 30.3 Å². The van der Waals surface area contributed by atoms with Crippen LogP contribution in [0.1, 0.15) is 24.4 Å².